The summed E-state index contributed by atoms with van der Waals surface area (Å²) in [6.07, 6.45) is 3.99. The summed E-state index contributed by atoms with van der Waals surface area (Å²) in [7, 11) is -2.58. The molecule has 0 spiro atoms. The molecule has 134 valence electrons. The molecule has 0 amide bonds. The summed E-state index contributed by atoms with van der Waals surface area (Å²) in [5.74, 6) is 1.11. The highest BCUT2D eigenvalue weighted by molar-refractivity contribution is 9.10. The van der Waals surface area contributed by atoms with Crippen LogP contribution in [0.5, 0.6) is 0 Å². The van der Waals surface area contributed by atoms with Crippen LogP contribution in [0.2, 0.25) is 5.28 Å². The molecule has 1 aliphatic carbocycles. The molecule has 1 aliphatic rings. The van der Waals surface area contributed by atoms with Crippen molar-refractivity contribution in [2.75, 3.05) is 18.6 Å². The van der Waals surface area contributed by atoms with E-state index >= 15 is 0 Å². The lowest BCUT2D eigenvalue weighted by Gasteiger charge is -2.18. The van der Waals surface area contributed by atoms with Crippen molar-refractivity contribution in [1.29, 1.82) is 0 Å². The Morgan fingerprint density at radius 3 is 2.65 bits per heavy atom. The van der Waals surface area contributed by atoms with E-state index in [4.69, 9.17) is 16.6 Å². The lowest BCUT2D eigenvalue weighted by molar-refractivity contribution is 0.588. The second-order valence-electron chi connectivity index (χ2n) is 6.85. The van der Waals surface area contributed by atoms with Gasteiger partial charge in [0.05, 0.1) is 15.7 Å². The Labute approximate surface area is 165 Å². The topological polar surface area (TPSA) is 67.8 Å². The van der Waals surface area contributed by atoms with Gasteiger partial charge in [0.2, 0.25) is 5.28 Å². The molecule has 0 unspecified atom stereocenters. The molecule has 2 aromatic heterocycles. The fourth-order valence-electron chi connectivity index (χ4n) is 3.05. The van der Waals surface area contributed by atoms with Gasteiger partial charge in [-0.15, -0.1) is 0 Å². The van der Waals surface area contributed by atoms with Crippen LogP contribution in [0, 0.1) is 0 Å². The van der Waals surface area contributed by atoms with Gasteiger partial charge >= 0.3 is 0 Å². The lowest BCUT2D eigenvalue weighted by Crippen LogP contribution is -2.13. The number of fused-ring (bicyclic) bond motifs is 1. The van der Waals surface area contributed by atoms with E-state index in [0.717, 1.165) is 27.6 Å². The van der Waals surface area contributed by atoms with Gasteiger partial charge in [-0.3, -0.25) is 4.98 Å². The highest BCUT2D eigenvalue weighted by atomic mass is 79.9. The molecule has 1 aromatic carbocycles. The van der Waals surface area contributed by atoms with Crippen LogP contribution in [0.3, 0.4) is 0 Å². The second kappa shape index (κ2) is 6.59. The van der Waals surface area contributed by atoms with E-state index in [2.05, 4.69) is 37.3 Å². The minimum atomic E-state index is -2.58. The van der Waals surface area contributed by atoms with Crippen LogP contribution in [0.4, 0.5) is 11.5 Å². The molecule has 0 saturated heterocycles. The summed E-state index contributed by atoms with van der Waals surface area (Å²) >= 11 is 9.33. The summed E-state index contributed by atoms with van der Waals surface area (Å²) in [5.41, 5.74) is 2.73. The third kappa shape index (κ3) is 3.51. The SMILES string of the molecule is CP(C)(=O)c1c(Nc2nc(Cl)ncc2Br)ccc2nc(C3CC3)ccc12. The summed E-state index contributed by atoms with van der Waals surface area (Å²) < 4.78 is 13.8. The zero-order valence-corrected chi connectivity index (χ0v) is 17.6. The summed E-state index contributed by atoms with van der Waals surface area (Å²) in [6, 6.07) is 7.96. The first-order valence-corrected chi connectivity index (χ1v) is 12.0. The van der Waals surface area contributed by atoms with Crippen molar-refractivity contribution in [2.45, 2.75) is 18.8 Å². The average Bonchev–Trinajstić information content (AvgIpc) is 3.41. The predicted molar refractivity (Wildman–Crippen MR) is 111 cm³/mol. The smallest absolute Gasteiger partial charge is 0.224 e. The van der Waals surface area contributed by atoms with Gasteiger partial charge in [0, 0.05) is 28.5 Å². The Hall–Kier alpha value is -1.49. The summed E-state index contributed by atoms with van der Waals surface area (Å²) in [5, 5.41) is 5.07. The number of hydrogen-bond donors (Lipinski definition) is 1. The minimum absolute atomic E-state index is 0.143. The monoisotopic (exact) mass is 450 g/mol. The van der Waals surface area contributed by atoms with E-state index in [1.165, 1.54) is 12.8 Å². The first kappa shape index (κ1) is 17.9. The van der Waals surface area contributed by atoms with Crippen LogP contribution in [-0.4, -0.2) is 28.3 Å². The molecule has 1 saturated carbocycles. The number of halogens is 2. The van der Waals surface area contributed by atoms with Gasteiger partial charge in [-0.2, -0.15) is 4.98 Å². The molecule has 1 N–H and O–H groups in total. The number of anilines is 2. The molecule has 0 bridgehead atoms. The second-order valence-corrected chi connectivity index (χ2v) is 11.2. The Bertz CT molecular complexity index is 1060. The molecule has 2 heterocycles. The van der Waals surface area contributed by atoms with E-state index < -0.39 is 7.14 Å². The molecule has 0 aliphatic heterocycles. The quantitative estimate of drug-likeness (QED) is 0.430. The van der Waals surface area contributed by atoms with Crippen LogP contribution in [0.25, 0.3) is 10.9 Å². The van der Waals surface area contributed by atoms with Gasteiger partial charge in [-0.25, -0.2) is 4.98 Å². The number of nitrogens with zero attached hydrogens (tertiary/aromatic N) is 3. The van der Waals surface area contributed by atoms with E-state index in [-0.39, 0.29) is 5.28 Å². The van der Waals surface area contributed by atoms with E-state index in [9.17, 15) is 4.57 Å². The van der Waals surface area contributed by atoms with Gasteiger partial charge in [-0.1, -0.05) is 6.07 Å². The maximum atomic E-state index is 13.1. The molecule has 0 atom stereocenters. The van der Waals surface area contributed by atoms with Gasteiger partial charge in [0.1, 0.15) is 13.0 Å². The third-order valence-corrected chi connectivity index (χ3v) is 6.69. The van der Waals surface area contributed by atoms with E-state index in [0.29, 0.717) is 16.2 Å². The number of nitrogens with one attached hydrogen (secondary N) is 1. The lowest BCUT2D eigenvalue weighted by atomic mass is 10.1. The number of benzene rings is 1. The summed E-state index contributed by atoms with van der Waals surface area (Å²) in [4.78, 5) is 12.9. The first-order chi connectivity index (χ1) is 12.3. The molecular weight excluding hydrogens is 435 g/mol. The number of hydrogen-bond acceptors (Lipinski definition) is 5. The predicted octanol–water partition coefficient (Wildman–Crippen LogP) is 5.31. The highest BCUT2D eigenvalue weighted by Gasteiger charge is 2.26. The van der Waals surface area contributed by atoms with Crippen LogP contribution in [-0.2, 0) is 4.57 Å². The Balaban J connectivity index is 1.87. The van der Waals surface area contributed by atoms with Crippen molar-refractivity contribution in [2.24, 2.45) is 0 Å². The number of pyridine rings is 1. The maximum absolute atomic E-state index is 13.1. The van der Waals surface area contributed by atoms with E-state index in [1.54, 1.807) is 19.5 Å². The molecule has 1 fully saturated rings. The maximum Gasteiger partial charge on any atom is 0.224 e. The van der Waals surface area contributed by atoms with Crippen molar-refractivity contribution in [3.05, 3.63) is 45.9 Å². The number of aromatic nitrogens is 3. The van der Waals surface area contributed by atoms with Gasteiger partial charge in [0.25, 0.3) is 0 Å². The van der Waals surface area contributed by atoms with Gasteiger partial charge < -0.3 is 9.88 Å². The van der Waals surface area contributed by atoms with Crippen LogP contribution < -0.4 is 10.6 Å². The van der Waals surface area contributed by atoms with Crippen molar-refractivity contribution in [3.63, 3.8) is 0 Å². The van der Waals surface area contributed by atoms with Crippen molar-refractivity contribution >= 4 is 62.4 Å². The van der Waals surface area contributed by atoms with Crippen LogP contribution in [0.1, 0.15) is 24.5 Å². The normalized spacial score (nSPS) is 14.6. The van der Waals surface area contributed by atoms with Gasteiger partial charge in [-0.05, 0) is 71.9 Å². The van der Waals surface area contributed by atoms with Crippen LogP contribution >= 0.6 is 34.7 Å². The fraction of sp³-hybridized carbons (Fsp3) is 0.278. The molecule has 8 heteroatoms. The average molecular weight is 452 g/mol. The molecule has 5 nitrogen and oxygen atoms in total. The Morgan fingerprint density at radius 1 is 1.19 bits per heavy atom. The highest BCUT2D eigenvalue weighted by Crippen LogP contribution is 2.43. The zero-order chi connectivity index (χ0) is 18.5. The largest absolute Gasteiger partial charge is 0.339 e. The van der Waals surface area contributed by atoms with Crippen LogP contribution in [0.15, 0.2) is 34.9 Å². The summed E-state index contributed by atoms with van der Waals surface area (Å²) in [6.45, 7) is 3.54. The van der Waals surface area contributed by atoms with Crippen molar-refractivity contribution in [3.8, 4) is 0 Å². The van der Waals surface area contributed by atoms with Crippen molar-refractivity contribution < 1.29 is 4.57 Å². The number of rotatable bonds is 4. The molecule has 26 heavy (non-hydrogen) atoms. The van der Waals surface area contributed by atoms with Gasteiger partial charge in [0.15, 0.2) is 0 Å². The standard InChI is InChI=1S/C18H17BrClN4OP/c1-26(2,25)16-11-5-6-13(10-3-4-10)22-14(11)7-8-15(16)23-17-12(19)9-21-18(20)24-17/h5-10H,3-4H2,1-2H3,(H,21,23,24). The zero-order valence-electron chi connectivity index (χ0n) is 14.3. The molecular formula is C18H17BrClN4OP. The fourth-order valence-corrected chi connectivity index (χ4v) is 4.96. The third-order valence-electron chi connectivity index (χ3n) is 4.37. The van der Waals surface area contributed by atoms with Crippen molar-refractivity contribution in [1.82, 2.24) is 15.0 Å². The molecule has 3 aromatic rings. The van der Waals surface area contributed by atoms with E-state index in [1.807, 2.05) is 18.2 Å². The Kier molecular flexibility index (Phi) is 4.54. The molecule has 0 radical (unpaired) electrons. The first-order valence-electron chi connectivity index (χ1n) is 8.27. The molecule has 4 rings (SSSR count). The Morgan fingerprint density at radius 2 is 1.96 bits per heavy atom. The minimum Gasteiger partial charge on any atom is -0.339 e.